The number of rotatable bonds is 3. The molecule has 0 aliphatic heterocycles. The van der Waals surface area contributed by atoms with Crippen molar-refractivity contribution < 1.29 is 45.6 Å². The van der Waals surface area contributed by atoms with Gasteiger partial charge in [-0.3, -0.25) is 4.79 Å². The second kappa shape index (κ2) is 7.54. The number of esters is 1. The van der Waals surface area contributed by atoms with Crippen LogP contribution in [0.1, 0.15) is 21.7 Å². The number of hydrogen-bond donors (Lipinski definition) is 1. The molecule has 1 N–H and O–H groups in total. The Balaban J connectivity index is -0.000000320. The molecule has 56 valence electrons. The van der Waals surface area contributed by atoms with Crippen molar-refractivity contribution in [1.29, 1.82) is 0 Å². The topological polar surface area (TPSA) is 46.5 Å². The summed E-state index contributed by atoms with van der Waals surface area (Å²) in [5.41, 5.74) is 0. The van der Waals surface area contributed by atoms with Gasteiger partial charge < -0.3 is 11.3 Å². The summed E-state index contributed by atoms with van der Waals surface area (Å²) in [5.74, 6) is -0.340. The molecule has 0 saturated carbocycles. The van der Waals surface area contributed by atoms with Gasteiger partial charge in [0.05, 0.1) is 19.1 Å². The number of ether oxygens (including phenoxy) is 1. The molecule has 10 heavy (non-hydrogen) atoms. The Morgan fingerprint density at radius 2 is 2.30 bits per heavy atom. The molecule has 0 spiro atoms. The monoisotopic (exact) mass is 156 g/mol. The van der Waals surface area contributed by atoms with Gasteiger partial charge in [0, 0.05) is 0 Å². The van der Waals surface area contributed by atoms with Gasteiger partial charge in [-0.05, 0) is 13.8 Å². The van der Waals surface area contributed by atoms with E-state index in [9.17, 15) is 4.79 Å². The van der Waals surface area contributed by atoms with E-state index < -0.39 is 6.10 Å². The maximum atomic E-state index is 10.5. The molecule has 0 aliphatic carbocycles. The molecule has 3 nitrogen and oxygen atoms in total. The molecule has 0 heterocycles. The average Bonchev–Trinajstić information content (AvgIpc) is 1.63. The minimum Gasteiger partial charge on any atom is -1.00 e. The summed E-state index contributed by atoms with van der Waals surface area (Å²) in [6, 6.07) is 0. The van der Waals surface area contributed by atoms with Crippen LogP contribution in [0.5, 0.6) is 0 Å². The first-order chi connectivity index (χ1) is 4.16. The van der Waals surface area contributed by atoms with Crippen molar-refractivity contribution in [2.75, 3.05) is 6.61 Å². The summed E-state index contributed by atoms with van der Waals surface area (Å²) in [6.07, 6.45) is -0.502. The van der Waals surface area contributed by atoms with Crippen LogP contribution in [0, 0.1) is 0 Å². The van der Waals surface area contributed by atoms with Crippen LogP contribution in [-0.4, -0.2) is 23.8 Å². The largest absolute Gasteiger partial charge is 1.00 e. The van der Waals surface area contributed by atoms with Gasteiger partial charge in [-0.25, -0.2) is 0 Å². The second-order valence-corrected chi connectivity index (χ2v) is 1.86. The van der Waals surface area contributed by atoms with Crippen molar-refractivity contribution >= 4 is 5.97 Å². The molecular weight excluding hydrogens is 143 g/mol. The zero-order valence-electron chi connectivity index (χ0n) is 7.76. The van der Waals surface area contributed by atoms with Crippen molar-refractivity contribution in [1.82, 2.24) is 0 Å². The van der Waals surface area contributed by atoms with E-state index in [0.29, 0.717) is 6.61 Å². The summed E-state index contributed by atoms with van der Waals surface area (Å²) in [6.45, 7) is 3.67. The van der Waals surface area contributed by atoms with E-state index in [1.165, 1.54) is 0 Å². The molecule has 0 aromatic carbocycles. The van der Waals surface area contributed by atoms with Gasteiger partial charge in [0.1, 0.15) is 0 Å². The number of carbonyl (C=O) groups excluding carboxylic acids is 1. The fourth-order valence-corrected chi connectivity index (χ4v) is 0.461. The fraction of sp³-hybridized carbons (Fsp3) is 0.833. The summed E-state index contributed by atoms with van der Waals surface area (Å²) in [5, 5.41) is 8.65. The van der Waals surface area contributed by atoms with Crippen molar-refractivity contribution in [3.8, 4) is 0 Å². The Bertz CT molecular complexity index is 97.8. The molecule has 0 saturated heterocycles. The molecule has 0 rings (SSSR count). The van der Waals surface area contributed by atoms with Crippen LogP contribution in [0.3, 0.4) is 0 Å². The van der Waals surface area contributed by atoms with Crippen LogP contribution in [0.25, 0.3) is 0 Å². The first-order valence-electron chi connectivity index (χ1n) is 3.00. The molecule has 0 radical (unpaired) electrons. The van der Waals surface area contributed by atoms with Gasteiger partial charge >= 0.3 is 35.5 Å². The first-order valence-corrected chi connectivity index (χ1v) is 3.00. The standard InChI is InChI=1S/C6H12O3.Na.H/c1-3-9-6(8)4-5(2)7;;/h5,7H,3-4H2,1-2H3;;/q;+1;-1. The summed E-state index contributed by atoms with van der Waals surface area (Å²) in [7, 11) is 0. The maximum absolute atomic E-state index is 10.5. The van der Waals surface area contributed by atoms with Crippen LogP contribution < -0.4 is 29.6 Å². The quantitative estimate of drug-likeness (QED) is 0.361. The third kappa shape index (κ3) is 8.43. The molecule has 1 atom stereocenters. The third-order valence-corrected chi connectivity index (χ3v) is 0.767. The minimum absolute atomic E-state index is 0. The van der Waals surface area contributed by atoms with Gasteiger partial charge in [0.25, 0.3) is 0 Å². The molecular formula is C6H13NaO3. The van der Waals surface area contributed by atoms with E-state index in [1.807, 2.05) is 0 Å². The molecule has 0 amide bonds. The average molecular weight is 156 g/mol. The van der Waals surface area contributed by atoms with Crippen molar-refractivity contribution in [3.05, 3.63) is 0 Å². The third-order valence-electron chi connectivity index (χ3n) is 0.767. The Labute approximate surface area is 84.5 Å². The minimum atomic E-state index is -0.593. The Hall–Kier alpha value is 0.430. The van der Waals surface area contributed by atoms with E-state index >= 15 is 0 Å². The number of carbonyl (C=O) groups is 1. The maximum Gasteiger partial charge on any atom is 1.00 e. The summed E-state index contributed by atoms with van der Waals surface area (Å²) in [4.78, 5) is 10.5. The smallest absolute Gasteiger partial charge is 1.00 e. The Morgan fingerprint density at radius 1 is 1.80 bits per heavy atom. The van der Waals surface area contributed by atoms with Gasteiger partial charge in [-0.1, -0.05) is 0 Å². The predicted octanol–water partition coefficient (Wildman–Crippen LogP) is -2.56. The van der Waals surface area contributed by atoms with E-state index in [-0.39, 0.29) is 43.4 Å². The first kappa shape index (κ1) is 13.1. The van der Waals surface area contributed by atoms with Crippen molar-refractivity contribution in [3.63, 3.8) is 0 Å². The van der Waals surface area contributed by atoms with Crippen molar-refractivity contribution in [2.45, 2.75) is 26.4 Å². The molecule has 0 bridgehead atoms. The number of aliphatic hydroxyl groups is 1. The van der Waals surface area contributed by atoms with Crippen LogP contribution in [0.15, 0.2) is 0 Å². The van der Waals surface area contributed by atoms with Crippen LogP contribution in [0.2, 0.25) is 0 Å². The molecule has 0 aliphatic rings. The molecule has 0 aromatic rings. The van der Waals surface area contributed by atoms with E-state index in [1.54, 1.807) is 13.8 Å². The Kier molecular flexibility index (Phi) is 9.84. The number of hydrogen-bond acceptors (Lipinski definition) is 3. The molecule has 1 unspecified atom stereocenters. The zero-order chi connectivity index (χ0) is 7.28. The normalized spacial score (nSPS) is 11.5. The SMILES string of the molecule is CCOC(=O)CC(C)O.[H-].[Na+]. The van der Waals surface area contributed by atoms with E-state index in [2.05, 4.69) is 4.74 Å². The predicted molar refractivity (Wildman–Crippen MR) is 34.0 cm³/mol. The van der Waals surface area contributed by atoms with E-state index in [4.69, 9.17) is 5.11 Å². The summed E-state index contributed by atoms with van der Waals surface area (Å²) >= 11 is 0. The fourth-order valence-electron chi connectivity index (χ4n) is 0.461. The van der Waals surface area contributed by atoms with Gasteiger partial charge in [0.2, 0.25) is 0 Å². The van der Waals surface area contributed by atoms with Crippen molar-refractivity contribution in [2.24, 2.45) is 0 Å². The Morgan fingerprint density at radius 3 is 2.60 bits per heavy atom. The van der Waals surface area contributed by atoms with Crippen LogP contribution in [-0.2, 0) is 9.53 Å². The van der Waals surface area contributed by atoms with Crippen LogP contribution in [0.4, 0.5) is 0 Å². The zero-order valence-corrected chi connectivity index (χ0v) is 8.76. The van der Waals surface area contributed by atoms with Gasteiger partial charge in [0.15, 0.2) is 0 Å². The van der Waals surface area contributed by atoms with Gasteiger partial charge in [-0.2, -0.15) is 0 Å². The number of aliphatic hydroxyl groups excluding tert-OH is 1. The second-order valence-electron chi connectivity index (χ2n) is 1.86. The van der Waals surface area contributed by atoms with Crippen LogP contribution >= 0.6 is 0 Å². The van der Waals surface area contributed by atoms with E-state index in [0.717, 1.165) is 0 Å². The molecule has 4 heteroatoms. The van der Waals surface area contributed by atoms with Gasteiger partial charge in [-0.15, -0.1) is 0 Å². The molecule has 0 aromatic heterocycles. The molecule has 0 fully saturated rings. The summed E-state index contributed by atoms with van der Waals surface area (Å²) < 4.78 is 4.55.